The predicted octanol–water partition coefficient (Wildman–Crippen LogP) is 4.05. The summed E-state index contributed by atoms with van der Waals surface area (Å²) in [6.07, 6.45) is 3.83. The van der Waals surface area contributed by atoms with Gasteiger partial charge >= 0.3 is 0 Å². The van der Waals surface area contributed by atoms with E-state index in [0.717, 1.165) is 30.8 Å². The Hall–Kier alpha value is -2.14. The highest BCUT2D eigenvalue weighted by Crippen LogP contribution is 2.25. The fraction of sp³-hybridized carbons (Fsp3) is 0.389. The summed E-state index contributed by atoms with van der Waals surface area (Å²) in [6, 6.07) is 7.27. The van der Waals surface area contributed by atoms with E-state index in [1.165, 1.54) is 6.42 Å². The Morgan fingerprint density at radius 1 is 1.38 bits per heavy atom. The molecule has 1 N–H and O–H groups in total. The maximum Gasteiger partial charge on any atom is 0.272 e. The summed E-state index contributed by atoms with van der Waals surface area (Å²) < 4.78 is 0. The maximum absolute atomic E-state index is 12.7. The van der Waals surface area contributed by atoms with E-state index in [4.69, 9.17) is 11.6 Å². The number of hydrogen-bond donors (Lipinski definition) is 1. The molecule has 1 aromatic heterocycles. The first-order valence-electron chi connectivity index (χ1n) is 8.19. The van der Waals surface area contributed by atoms with Gasteiger partial charge in [0.05, 0.1) is 0 Å². The topological polar surface area (TPSA) is 58.1 Å². The molecular weight excluding hydrogens is 324 g/mol. The quantitative estimate of drug-likeness (QED) is 0.912. The van der Waals surface area contributed by atoms with Crippen LogP contribution < -0.4 is 5.32 Å². The Morgan fingerprint density at radius 3 is 3.00 bits per heavy atom. The number of anilines is 2. The standard InChI is InChI=1S/C18H21ClN4O/c1-12-5-4-10-23(11-12)17(24)16-8-9-20-18(22-16)21-15-7-3-6-14(19)13(15)2/h3,6-9,12H,4-5,10-11H2,1-2H3,(H,20,21,22). The summed E-state index contributed by atoms with van der Waals surface area (Å²) in [4.78, 5) is 23.1. The first kappa shape index (κ1) is 16.7. The van der Waals surface area contributed by atoms with Crippen molar-refractivity contribution in [2.24, 2.45) is 5.92 Å². The van der Waals surface area contributed by atoms with Crippen LogP contribution in [-0.2, 0) is 0 Å². The molecule has 1 unspecified atom stereocenters. The van der Waals surface area contributed by atoms with Crippen LogP contribution in [0.5, 0.6) is 0 Å². The van der Waals surface area contributed by atoms with Crippen molar-refractivity contribution in [3.05, 3.63) is 46.7 Å². The molecule has 2 aromatic rings. The molecule has 2 heterocycles. The molecule has 0 bridgehead atoms. The van der Waals surface area contributed by atoms with Crippen molar-refractivity contribution < 1.29 is 4.79 Å². The molecule has 1 aromatic carbocycles. The molecule has 1 atom stereocenters. The zero-order chi connectivity index (χ0) is 17.1. The normalized spacial score (nSPS) is 17.6. The van der Waals surface area contributed by atoms with Gasteiger partial charge in [-0.05, 0) is 49.4 Å². The van der Waals surface area contributed by atoms with Crippen LogP contribution in [0, 0.1) is 12.8 Å². The Balaban J connectivity index is 1.79. The van der Waals surface area contributed by atoms with Crippen LogP contribution >= 0.6 is 11.6 Å². The highest BCUT2D eigenvalue weighted by Gasteiger charge is 2.23. The van der Waals surface area contributed by atoms with Crippen LogP contribution in [0.25, 0.3) is 0 Å². The SMILES string of the molecule is Cc1c(Cl)cccc1Nc1nccc(C(=O)N2CCCC(C)C2)n1. The number of benzene rings is 1. The third-order valence-electron chi connectivity index (χ3n) is 4.33. The van der Waals surface area contributed by atoms with Crippen molar-refractivity contribution in [1.29, 1.82) is 0 Å². The second-order valence-electron chi connectivity index (χ2n) is 6.30. The molecule has 1 saturated heterocycles. The zero-order valence-corrected chi connectivity index (χ0v) is 14.7. The Labute approximate surface area is 147 Å². The summed E-state index contributed by atoms with van der Waals surface area (Å²) in [6.45, 7) is 5.69. The largest absolute Gasteiger partial charge is 0.337 e. The number of carbonyl (C=O) groups excluding carboxylic acids is 1. The Bertz CT molecular complexity index is 750. The number of carbonyl (C=O) groups is 1. The Kier molecular flexibility index (Phi) is 5.00. The van der Waals surface area contributed by atoms with Gasteiger partial charge in [-0.3, -0.25) is 4.79 Å². The number of nitrogens with zero attached hydrogens (tertiary/aromatic N) is 3. The highest BCUT2D eigenvalue weighted by atomic mass is 35.5. The fourth-order valence-electron chi connectivity index (χ4n) is 2.94. The predicted molar refractivity (Wildman–Crippen MR) is 95.8 cm³/mol. The average Bonchev–Trinajstić information content (AvgIpc) is 2.58. The molecule has 5 nitrogen and oxygen atoms in total. The maximum atomic E-state index is 12.7. The lowest BCUT2D eigenvalue weighted by molar-refractivity contribution is 0.0677. The van der Waals surface area contributed by atoms with Crippen molar-refractivity contribution >= 4 is 29.1 Å². The van der Waals surface area contributed by atoms with Crippen LogP contribution in [-0.4, -0.2) is 33.9 Å². The lowest BCUT2D eigenvalue weighted by Gasteiger charge is -2.30. The minimum absolute atomic E-state index is 0.0326. The van der Waals surface area contributed by atoms with Gasteiger partial charge in [-0.15, -0.1) is 0 Å². The average molecular weight is 345 g/mol. The number of halogens is 1. The van der Waals surface area contributed by atoms with Gasteiger partial charge in [0, 0.05) is 30.0 Å². The van der Waals surface area contributed by atoms with E-state index < -0.39 is 0 Å². The molecule has 0 aliphatic carbocycles. The molecule has 6 heteroatoms. The van der Waals surface area contributed by atoms with Crippen molar-refractivity contribution in [3.8, 4) is 0 Å². The molecule has 0 radical (unpaired) electrons. The summed E-state index contributed by atoms with van der Waals surface area (Å²) >= 11 is 6.14. The van der Waals surface area contributed by atoms with Crippen molar-refractivity contribution in [3.63, 3.8) is 0 Å². The molecular formula is C18H21ClN4O. The van der Waals surface area contributed by atoms with Gasteiger partial charge in [-0.1, -0.05) is 24.6 Å². The van der Waals surface area contributed by atoms with Gasteiger partial charge in [0.1, 0.15) is 5.69 Å². The number of aromatic nitrogens is 2. The molecule has 1 aliphatic heterocycles. The molecule has 0 spiro atoms. The molecule has 3 rings (SSSR count). The van der Waals surface area contributed by atoms with Gasteiger partial charge in [-0.25, -0.2) is 9.97 Å². The second kappa shape index (κ2) is 7.18. The minimum atomic E-state index is -0.0326. The summed E-state index contributed by atoms with van der Waals surface area (Å²) in [5, 5.41) is 3.82. The molecule has 0 saturated carbocycles. The third-order valence-corrected chi connectivity index (χ3v) is 4.74. The number of likely N-dealkylation sites (tertiary alicyclic amines) is 1. The van der Waals surface area contributed by atoms with Gasteiger partial charge in [0.25, 0.3) is 5.91 Å². The van der Waals surface area contributed by atoms with E-state index in [1.807, 2.05) is 30.0 Å². The van der Waals surface area contributed by atoms with Crippen LogP contribution in [0.3, 0.4) is 0 Å². The van der Waals surface area contributed by atoms with Crippen LogP contribution in [0.2, 0.25) is 5.02 Å². The van der Waals surface area contributed by atoms with E-state index in [1.54, 1.807) is 12.3 Å². The second-order valence-corrected chi connectivity index (χ2v) is 6.71. The highest BCUT2D eigenvalue weighted by molar-refractivity contribution is 6.31. The number of rotatable bonds is 3. The van der Waals surface area contributed by atoms with Gasteiger partial charge in [0.2, 0.25) is 5.95 Å². The molecule has 24 heavy (non-hydrogen) atoms. The summed E-state index contributed by atoms with van der Waals surface area (Å²) in [7, 11) is 0. The first-order valence-corrected chi connectivity index (χ1v) is 8.57. The Morgan fingerprint density at radius 2 is 2.21 bits per heavy atom. The lowest BCUT2D eigenvalue weighted by atomic mass is 10.00. The third kappa shape index (κ3) is 3.67. The fourth-order valence-corrected chi connectivity index (χ4v) is 3.11. The lowest BCUT2D eigenvalue weighted by Crippen LogP contribution is -2.39. The minimum Gasteiger partial charge on any atom is -0.337 e. The van der Waals surface area contributed by atoms with Crippen LogP contribution in [0.4, 0.5) is 11.6 Å². The van der Waals surface area contributed by atoms with Gasteiger partial charge < -0.3 is 10.2 Å². The molecule has 1 amide bonds. The van der Waals surface area contributed by atoms with Crippen molar-refractivity contribution in [1.82, 2.24) is 14.9 Å². The monoisotopic (exact) mass is 344 g/mol. The van der Waals surface area contributed by atoms with Crippen molar-refractivity contribution in [2.75, 3.05) is 18.4 Å². The van der Waals surface area contributed by atoms with Gasteiger partial charge in [0.15, 0.2) is 0 Å². The van der Waals surface area contributed by atoms with E-state index in [-0.39, 0.29) is 5.91 Å². The van der Waals surface area contributed by atoms with E-state index in [0.29, 0.717) is 22.6 Å². The van der Waals surface area contributed by atoms with E-state index in [9.17, 15) is 4.79 Å². The van der Waals surface area contributed by atoms with E-state index >= 15 is 0 Å². The number of piperidine rings is 1. The first-order chi connectivity index (χ1) is 11.5. The van der Waals surface area contributed by atoms with Crippen LogP contribution in [0.15, 0.2) is 30.5 Å². The summed E-state index contributed by atoms with van der Waals surface area (Å²) in [5.41, 5.74) is 2.17. The molecule has 126 valence electrons. The number of amides is 1. The zero-order valence-electron chi connectivity index (χ0n) is 13.9. The molecule has 1 fully saturated rings. The van der Waals surface area contributed by atoms with Gasteiger partial charge in [-0.2, -0.15) is 0 Å². The molecule has 1 aliphatic rings. The summed E-state index contributed by atoms with van der Waals surface area (Å²) in [5.74, 6) is 0.905. The van der Waals surface area contributed by atoms with Crippen LogP contribution in [0.1, 0.15) is 35.8 Å². The number of nitrogens with one attached hydrogen (secondary N) is 1. The van der Waals surface area contributed by atoms with Crippen molar-refractivity contribution in [2.45, 2.75) is 26.7 Å². The number of hydrogen-bond acceptors (Lipinski definition) is 4. The van der Waals surface area contributed by atoms with E-state index in [2.05, 4.69) is 22.2 Å². The smallest absolute Gasteiger partial charge is 0.272 e.